The van der Waals surface area contributed by atoms with E-state index in [1.807, 2.05) is 0 Å². The minimum Gasteiger partial charge on any atom is -0.463 e. The normalized spacial score (nSPS) is 30.4. The van der Waals surface area contributed by atoms with Gasteiger partial charge >= 0.3 is 17.9 Å². The first-order valence-corrected chi connectivity index (χ1v) is 6.99. The summed E-state index contributed by atoms with van der Waals surface area (Å²) in [7, 11) is 2.73. The Morgan fingerprint density at radius 2 is 1.39 bits per heavy atom. The summed E-state index contributed by atoms with van der Waals surface area (Å²) in [5.41, 5.74) is 0. The number of esters is 3. The van der Waals surface area contributed by atoms with Crippen LogP contribution in [0.4, 0.5) is 0 Å². The second-order valence-electron chi connectivity index (χ2n) is 4.93. The minimum atomic E-state index is -1.01. The zero-order valence-corrected chi connectivity index (χ0v) is 13.8. The summed E-state index contributed by atoms with van der Waals surface area (Å²) in [5.74, 6) is -1.67. The van der Waals surface area contributed by atoms with Crippen LogP contribution in [0, 0.1) is 0 Å². The summed E-state index contributed by atoms with van der Waals surface area (Å²) in [4.78, 5) is 33.7. The lowest BCUT2D eigenvalue weighted by atomic mass is 9.98. The molecular weight excluding hydrogens is 312 g/mol. The number of rotatable bonds is 6. The van der Waals surface area contributed by atoms with E-state index in [1.165, 1.54) is 35.0 Å². The van der Waals surface area contributed by atoms with E-state index in [9.17, 15) is 14.4 Å². The average Bonchev–Trinajstić information content (AvgIpc) is 2.45. The molecule has 0 aliphatic carbocycles. The molecule has 1 heterocycles. The summed E-state index contributed by atoms with van der Waals surface area (Å²) >= 11 is 0. The van der Waals surface area contributed by atoms with Gasteiger partial charge in [-0.2, -0.15) is 0 Å². The molecule has 0 bridgehead atoms. The van der Waals surface area contributed by atoms with Crippen molar-refractivity contribution in [3.63, 3.8) is 0 Å². The number of hydrogen-bond donors (Lipinski definition) is 0. The first-order valence-electron chi connectivity index (χ1n) is 6.99. The molecule has 23 heavy (non-hydrogen) atoms. The number of hydrogen-bond acceptors (Lipinski definition) is 9. The molecule has 0 aromatic heterocycles. The van der Waals surface area contributed by atoms with E-state index in [1.54, 1.807) is 0 Å². The first kappa shape index (κ1) is 19.3. The highest BCUT2D eigenvalue weighted by Crippen LogP contribution is 2.28. The van der Waals surface area contributed by atoms with Crippen molar-refractivity contribution in [3.05, 3.63) is 0 Å². The Hall–Kier alpha value is -1.71. The molecule has 0 N–H and O–H groups in total. The molecule has 5 unspecified atom stereocenters. The highest BCUT2D eigenvalue weighted by atomic mass is 16.7. The third-order valence-corrected chi connectivity index (χ3v) is 3.15. The molecule has 1 saturated heterocycles. The van der Waals surface area contributed by atoms with Crippen molar-refractivity contribution < 1.29 is 42.8 Å². The van der Waals surface area contributed by atoms with Gasteiger partial charge in [-0.1, -0.05) is 0 Å². The van der Waals surface area contributed by atoms with Crippen LogP contribution in [-0.2, 0) is 42.8 Å². The zero-order valence-electron chi connectivity index (χ0n) is 13.8. The van der Waals surface area contributed by atoms with Gasteiger partial charge in [0.15, 0.2) is 18.5 Å². The topological polar surface area (TPSA) is 107 Å². The SMILES string of the molecule is COC1OC(COC(C)=O)C(OC)C(OC(C)=O)C1OC(C)=O. The molecule has 1 rings (SSSR count). The fourth-order valence-electron chi connectivity index (χ4n) is 2.33. The maximum absolute atomic E-state index is 11.4. The minimum absolute atomic E-state index is 0.127. The van der Waals surface area contributed by atoms with E-state index in [-0.39, 0.29) is 6.61 Å². The largest absolute Gasteiger partial charge is 0.463 e. The quantitative estimate of drug-likeness (QED) is 0.482. The van der Waals surface area contributed by atoms with Gasteiger partial charge in [0.25, 0.3) is 0 Å². The highest BCUT2D eigenvalue weighted by Gasteiger charge is 2.50. The summed E-state index contributed by atoms with van der Waals surface area (Å²) in [6.45, 7) is 3.56. The predicted molar refractivity (Wildman–Crippen MR) is 74.2 cm³/mol. The number of methoxy groups -OCH3 is 2. The molecular formula is C14H22O9. The number of carbonyl (C=O) groups excluding carboxylic acids is 3. The van der Waals surface area contributed by atoms with E-state index in [0.29, 0.717) is 0 Å². The third-order valence-electron chi connectivity index (χ3n) is 3.15. The van der Waals surface area contributed by atoms with Gasteiger partial charge in [0.05, 0.1) is 0 Å². The molecule has 1 aliphatic heterocycles. The molecule has 132 valence electrons. The monoisotopic (exact) mass is 334 g/mol. The van der Waals surface area contributed by atoms with Gasteiger partial charge in [0.2, 0.25) is 0 Å². The van der Waals surface area contributed by atoms with Gasteiger partial charge in [-0.15, -0.1) is 0 Å². The first-order chi connectivity index (χ1) is 10.8. The molecule has 0 spiro atoms. The molecule has 0 saturated carbocycles. The molecule has 9 heteroatoms. The van der Waals surface area contributed by atoms with Gasteiger partial charge in [0.1, 0.15) is 18.8 Å². The summed E-state index contributed by atoms with van der Waals surface area (Å²) < 4.78 is 31.4. The van der Waals surface area contributed by atoms with Crippen LogP contribution < -0.4 is 0 Å². The molecule has 5 atom stereocenters. The molecule has 9 nitrogen and oxygen atoms in total. The maximum Gasteiger partial charge on any atom is 0.303 e. The zero-order chi connectivity index (χ0) is 17.6. The van der Waals surface area contributed by atoms with Crippen LogP contribution in [0.5, 0.6) is 0 Å². The van der Waals surface area contributed by atoms with Gasteiger partial charge in [0, 0.05) is 35.0 Å². The van der Waals surface area contributed by atoms with E-state index in [4.69, 9.17) is 28.4 Å². The summed E-state index contributed by atoms with van der Waals surface area (Å²) in [5, 5.41) is 0. The molecule has 1 fully saturated rings. The van der Waals surface area contributed by atoms with Crippen molar-refractivity contribution in [2.75, 3.05) is 20.8 Å². The van der Waals surface area contributed by atoms with E-state index in [2.05, 4.69) is 0 Å². The van der Waals surface area contributed by atoms with Crippen molar-refractivity contribution in [3.8, 4) is 0 Å². The molecule has 0 aromatic rings. The van der Waals surface area contributed by atoms with E-state index in [0.717, 1.165) is 0 Å². The molecule has 0 radical (unpaired) electrons. The van der Waals surface area contributed by atoms with Crippen LogP contribution in [-0.4, -0.2) is 69.4 Å². The van der Waals surface area contributed by atoms with Crippen LogP contribution in [0.2, 0.25) is 0 Å². The predicted octanol–water partition coefficient (Wildman–Crippen LogP) is -0.201. The van der Waals surface area contributed by atoms with Crippen LogP contribution in [0.25, 0.3) is 0 Å². The molecule has 0 amide bonds. The number of carbonyl (C=O) groups is 3. The summed E-state index contributed by atoms with van der Waals surface area (Å²) in [6, 6.07) is 0. The van der Waals surface area contributed by atoms with Gasteiger partial charge < -0.3 is 28.4 Å². The van der Waals surface area contributed by atoms with Crippen LogP contribution in [0.3, 0.4) is 0 Å². The van der Waals surface area contributed by atoms with Gasteiger partial charge in [-0.3, -0.25) is 14.4 Å². The Bertz CT molecular complexity index is 436. The Kier molecular flexibility index (Phi) is 7.40. The second-order valence-corrected chi connectivity index (χ2v) is 4.93. The Morgan fingerprint density at radius 1 is 0.826 bits per heavy atom. The van der Waals surface area contributed by atoms with Gasteiger partial charge in [-0.25, -0.2) is 0 Å². The van der Waals surface area contributed by atoms with Crippen LogP contribution in [0.15, 0.2) is 0 Å². The fourth-order valence-corrected chi connectivity index (χ4v) is 2.33. The number of ether oxygens (including phenoxy) is 6. The van der Waals surface area contributed by atoms with Crippen molar-refractivity contribution in [2.24, 2.45) is 0 Å². The second kappa shape index (κ2) is 8.80. The maximum atomic E-state index is 11.4. The van der Waals surface area contributed by atoms with Crippen molar-refractivity contribution in [2.45, 2.75) is 51.5 Å². The standard InChI is InChI=1S/C14H22O9/c1-7(15)20-6-10-11(18-4)12(21-8(2)16)13(22-9(3)17)14(19-5)23-10/h10-14H,6H2,1-5H3. The van der Waals surface area contributed by atoms with E-state index < -0.39 is 48.6 Å². The Balaban J connectivity index is 3.04. The Morgan fingerprint density at radius 3 is 1.83 bits per heavy atom. The smallest absolute Gasteiger partial charge is 0.303 e. The lowest BCUT2D eigenvalue weighted by molar-refractivity contribution is -0.303. The molecule has 0 aromatic carbocycles. The Labute approximate surface area is 134 Å². The molecule has 1 aliphatic rings. The van der Waals surface area contributed by atoms with Crippen molar-refractivity contribution in [1.82, 2.24) is 0 Å². The van der Waals surface area contributed by atoms with Crippen LogP contribution in [0.1, 0.15) is 20.8 Å². The van der Waals surface area contributed by atoms with Gasteiger partial charge in [-0.05, 0) is 0 Å². The lowest BCUT2D eigenvalue weighted by Gasteiger charge is -2.43. The average molecular weight is 334 g/mol. The summed E-state index contributed by atoms with van der Waals surface area (Å²) in [6.07, 6.45) is -4.56. The van der Waals surface area contributed by atoms with Crippen molar-refractivity contribution in [1.29, 1.82) is 0 Å². The van der Waals surface area contributed by atoms with Crippen molar-refractivity contribution >= 4 is 17.9 Å². The highest BCUT2D eigenvalue weighted by molar-refractivity contribution is 5.67. The lowest BCUT2D eigenvalue weighted by Crippen LogP contribution is -2.62. The van der Waals surface area contributed by atoms with E-state index >= 15 is 0 Å². The van der Waals surface area contributed by atoms with Crippen LogP contribution >= 0.6 is 0 Å². The fraction of sp³-hybridized carbons (Fsp3) is 0.786. The third kappa shape index (κ3) is 5.45.